The molecule has 2 amide bonds. The summed E-state index contributed by atoms with van der Waals surface area (Å²) < 4.78 is 5.51. The molecular formula is C22H20N2O4. The zero-order valence-electron chi connectivity index (χ0n) is 15.1. The molecule has 0 saturated carbocycles. The predicted molar refractivity (Wildman–Crippen MR) is 104 cm³/mol. The van der Waals surface area contributed by atoms with E-state index in [2.05, 4.69) is 29.6 Å². The minimum absolute atomic E-state index is 0.0123. The summed E-state index contributed by atoms with van der Waals surface area (Å²) in [5.74, 6) is -0.519. The largest absolute Gasteiger partial charge is 0.448 e. The van der Waals surface area contributed by atoms with Crippen LogP contribution in [0.5, 0.6) is 0 Å². The number of benzene rings is 2. The Labute approximate surface area is 162 Å². The number of ether oxygens (including phenoxy) is 1. The van der Waals surface area contributed by atoms with E-state index in [1.54, 1.807) is 17.6 Å². The third kappa shape index (κ3) is 3.42. The predicted octanol–water partition coefficient (Wildman–Crippen LogP) is 3.63. The molecule has 0 saturated heterocycles. The third-order valence-corrected chi connectivity index (χ3v) is 5.15. The van der Waals surface area contributed by atoms with Crippen LogP contribution in [0.25, 0.3) is 11.1 Å². The van der Waals surface area contributed by atoms with Crippen molar-refractivity contribution in [2.75, 3.05) is 6.61 Å². The summed E-state index contributed by atoms with van der Waals surface area (Å²) in [6.07, 6.45) is 3.63. The quantitative estimate of drug-likeness (QED) is 0.562. The van der Waals surface area contributed by atoms with E-state index >= 15 is 0 Å². The lowest BCUT2D eigenvalue weighted by Gasteiger charge is -2.17. The summed E-state index contributed by atoms with van der Waals surface area (Å²) in [6.45, 7) is 0.251. The summed E-state index contributed by atoms with van der Waals surface area (Å²) >= 11 is 0. The summed E-state index contributed by atoms with van der Waals surface area (Å²) in [5, 5.41) is 11.4. The van der Waals surface area contributed by atoms with Crippen LogP contribution < -0.4 is 10.8 Å². The molecule has 28 heavy (non-hydrogen) atoms. The van der Waals surface area contributed by atoms with Gasteiger partial charge >= 0.3 is 6.09 Å². The van der Waals surface area contributed by atoms with Crippen molar-refractivity contribution in [1.29, 1.82) is 0 Å². The van der Waals surface area contributed by atoms with Crippen molar-refractivity contribution in [3.8, 4) is 11.1 Å². The maximum Gasteiger partial charge on any atom is 0.411 e. The first-order chi connectivity index (χ1) is 13.7. The Kier molecular flexibility index (Phi) is 4.95. The Balaban J connectivity index is 1.41. The Morgan fingerprint density at radius 1 is 0.964 bits per heavy atom. The van der Waals surface area contributed by atoms with Crippen LogP contribution in [-0.2, 0) is 9.53 Å². The number of amides is 2. The van der Waals surface area contributed by atoms with Crippen LogP contribution in [0.3, 0.4) is 0 Å². The molecule has 0 unspecified atom stereocenters. The van der Waals surface area contributed by atoms with Crippen molar-refractivity contribution in [1.82, 2.24) is 10.8 Å². The summed E-state index contributed by atoms with van der Waals surface area (Å²) in [5.41, 5.74) is 7.43. The maximum absolute atomic E-state index is 12.2. The highest BCUT2D eigenvalue weighted by atomic mass is 16.5. The molecule has 2 aromatic carbocycles. The van der Waals surface area contributed by atoms with E-state index in [1.807, 2.05) is 24.3 Å². The first-order valence-corrected chi connectivity index (χ1v) is 9.13. The highest BCUT2D eigenvalue weighted by molar-refractivity contribution is 5.93. The smallest absolute Gasteiger partial charge is 0.411 e. The van der Waals surface area contributed by atoms with Gasteiger partial charge in [-0.05, 0) is 41.2 Å². The highest BCUT2D eigenvalue weighted by Gasteiger charge is 2.29. The second kappa shape index (κ2) is 7.70. The van der Waals surface area contributed by atoms with Crippen molar-refractivity contribution in [3.05, 3.63) is 83.1 Å². The lowest BCUT2D eigenvalue weighted by Crippen LogP contribution is -2.27. The lowest BCUT2D eigenvalue weighted by molar-refractivity contribution is -0.125. The molecule has 3 N–H and O–H groups in total. The Bertz CT molecular complexity index is 948. The number of hydrogen-bond donors (Lipinski definition) is 3. The zero-order chi connectivity index (χ0) is 19.5. The van der Waals surface area contributed by atoms with Crippen LogP contribution in [0.4, 0.5) is 4.79 Å². The molecule has 2 aliphatic rings. The Hall–Kier alpha value is -3.38. The molecule has 6 nitrogen and oxygen atoms in total. The van der Waals surface area contributed by atoms with Crippen molar-refractivity contribution < 1.29 is 19.5 Å². The van der Waals surface area contributed by atoms with Gasteiger partial charge in [0.05, 0.1) is 0 Å². The van der Waals surface area contributed by atoms with Crippen LogP contribution in [-0.4, -0.2) is 23.8 Å². The van der Waals surface area contributed by atoms with Gasteiger partial charge in [-0.3, -0.25) is 15.3 Å². The van der Waals surface area contributed by atoms with Gasteiger partial charge in [0.25, 0.3) is 5.91 Å². The minimum atomic E-state index is -0.531. The van der Waals surface area contributed by atoms with Crippen LogP contribution in [0.15, 0.2) is 72.0 Å². The average molecular weight is 376 g/mol. The fraction of sp³-hybridized carbons (Fsp3) is 0.182. The van der Waals surface area contributed by atoms with E-state index < -0.39 is 12.0 Å². The van der Waals surface area contributed by atoms with Gasteiger partial charge in [0, 0.05) is 17.2 Å². The van der Waals surface area contributed by atoms with Gasteiger partial charge in [-0.2, -0.15) is 0 Å². The fourth-order valence-corrected chi connectivity index (χ4v) is 3.77. The number of alkyl carbamates (subject to hydrolysis) is 1. The van der Waals surface area contributed by atoms with Gasteiger partial charge in [-0.25, -0.2) is 10.3 Å². The second-order valence-electron chi connectivity index (χ2n) is 6.78. The minimum Gasteiger partial charge on any atom is -0.448 e. The van der Waals surface area contributed by atoms with Crippen molar-refractivity contribution in [2.45, 2.75) is 18.8 Å². The normalized spacial score (nSPS) is 15.0. The Morgan fingerprint density at radius 3 is 2.18 bits per heavy atom. The van der Waals surface area contributed by atoms with Gasteiger partial charge in [-0.15, -0.1) is 0 Å². The average Bonchev–Trinajstić information content (AvgIpc) is 3.06. The van der Waals surface area contributed by atoms with Gasteiger partial charge in [0.1, 0.15) is 6.61 Å². The van der Waals surface area contributed by atoms with Crippen molar-refractivity contribution >= 4 is 12.0 Å². The van der Waals surface area contributed by atoms with E-state index in [9.17, 15) is 9.59 Å². The number of fused-ring (bicyclic) bond motifs is 3. The number of nitrogens with one attached hydrogen (secondary N) is 2. The molecule has 6 heteroatoms. The van der Waals surface area contributed by atoms with Crippen molar-refractivity contribution in [2.24, 2.45) is 0 Å². The number of rotatable bonds is 4. The molecule has 0 aromatic heterocycles. The summed E-state index contributed by atoms with van der Waals surface area (Å²) in [7, 11) is 0. The molecule has 2 aromatic rings. The van der Waals surface area contributed by atoms with E-state index in [-0.39, 0.29) is 12.5 Å². The number of carbonyl (C=O) groups excluding carboxylic acids is 2. The number of hydroxylamine groups is 1. The Morgan fingerprint density at radius 2 is 1.61 bits per heavy atom. The first kappa shape index (κ1) is 18.0. The standard InChI is InChI=1S/C22H20N2O4/c25-21(24-27)14-9-11-15(12-10-14)23-22(26)28-13-20-18-7-3-1-5-16(18)17-6-2-4-8-19(17)20/h1-9,11,20,27H,10,12-13H2,(H,23,26)(H,24,25). The molecule has 2 aliphatic carbocycles. The number of allylic oxidation sites excluding steroid dienone is 3. The van der Waals surface area contributed by atoms with Gasteiger partial charge < -0.3 is 4.74 Å². The molecule has 0 aliphatic heterocycles. The van der Waals surface area contributed by atoms with Crippen molar-refractivity contribution in [3.63, 3.8) is 0 Å². The van der Waals surface area contributed by atoms with Gasteiger partial charge in [-0.1, -0.05) is 54.6 Å². The molecule has 142 valence electrons. The second-order valence-corrected chi connectivity index (χ2v) is 6.78. The van der Waals surface area contributed by atoms with Crippen LogP contribution in [0.2, 0.25) is 0 Å². The topological polar surface area (TPSA) is 87.7 Å². The molecular weight excluding hydrogens is 356 g/mol. The monoisotopic (exact) mass is 376 g/mol. The molecule has 0 bridgehead atoms. The van der Waals surface area contributed by atoms with E-state index in [0.29, 0.717) is 24.1 Å². The first-order valence-electron chi connectivity index (χ1n) is 9.13. The zero-order valence-corrected chi connectivity index (χ0v) is 15.1. The van der Waals surface area contributed by atoms with Crippen LogP contribution in [0.1, 0.15) is 29.9 Å². The summed E-state index contributed by atoms with van der Waals surface area (Å²) in [6, 6.07) is 16.3. The van der Waals surface area contributed by atoms with Gasteiger partial charge in [0.15, 0.2) is 0 Å². The molecule has 0 radical (unpaired) electrons. The lowest BCUT2D eigenvalue weighted by atomic mass is 9.98. The molecule has 0 atom stereocenters. The molecule has 0 heterocycles. The van der Waals surface area contributed by atoms with E-state index in [0.717, 1.165) is 11.1 Å². The van der Waals surface area contributed by atoms with Gasteiger partial charge in [0.2, 0.25) is 0 Å². The number of hydrogen-bond acceptors (Lipinski definition) is 4. The number of carbonyl (C=O) groups is 2. The molecule has 0 fully saturated rings. The highest BCUT2D eigenvalue weighted by Crippen LogP contribution is 2.44. The fourth-order valence-electron chi connectivity index (χ4n) is 3.77. The van der Waals surface area contributed by atoms with Crippen LogP contribution in [0, 0.1) is 0 Å². The molecule has 0 spiro atoms. The SMILES string of the molecule is O=C(NC1=CC=C(C(=O)NO)CC1)OCC1c2ccccc2-c2ccccc21. The van der Waals surface area contributed by atoms with E-state index in [4.69, 9.17) is 9.94 Å². The summed E-state index contributed by atoms with van der Waals surface area (Å²) in [4.78, 5) is 23.6. The third-order valence-electron chi connectivity index (χ3n) is 5.15. The molecule has 4 rings (SSSR count). The van der Waals surface area contributed by atoms with E-state index in [1.165, 1.54) is 11.1 Å². The maximum atomic E-state index is 12.2. The van der Waals surface area contributed by atoms with Crippen LogP contribution >= 0.6 is 0 Å².